The van der Waals surface area contributed by atoms with Crippen molar-refractivity contribution in [2.45, 2.75) is 58.8 Å². The Morgan fingerprint density at radius 1 is 1.25 bits per heavy atom. The molecule has 1 N–H and O–H groups in total. The average Bonchev–Trinajstić information content (AvgIpc) is 2.95. The minimum Gasteiger partial charge on any atom is -0.388 e. The van der Waals surface area contributed by atoms with Crippen LogP contribution < -0.4 is 5.32 Å². The molecule has 0 amide bonds. The highest BCUT2D eigenvalue weighted by atomic mass is 14.8. The highest BCUT2D eigenvalue weighted by molar-refractivity contribution is 5.72. The molecule has 0 aliphatic heterocycles. The topological polar surface area (TPSA) is 24.9 Å². The highest BCUT2D eigenvalue weighted by Gasteiger charge is 2.38. The molecule has 1 heterocycles. The number of nitrogens with zero attached hydrogens (tertiary/aromatic N) is 1. The van der Waals surface area contributed by atoms with Crippen LogP contribution in [0.15, 0.2) is 30.3 Å². The van der Waals surface area contributed by atoms with Gasteiger partial charge in [-0.25, -0.2) is 0 Å². The molecule has 1 aliphatic carbocycles. The fraction of sp³-hybridized carbons (Fsp3) is 0.500. The van der Waals surface area contributed by atoms with Crippen LogP contribution in [0.5, 0.6) is 0 Å². The number of benzene rings is 1. The van der Waals surface area contributed by atoms with Crippen LogP contribution in [-0.2, 0) is 11.8 Å². The molecule has 3 rings (SSSR count). The predicted octanol–water partition coefficient (Wildman–Crippen LogP) is 5.74. The molecule has 1 aromatic carbocycles. The Kier molecular flexibility index (Phi) is 4.67. The monoisotopic (exact) mass is 322 g/mol. The van der Waals surface area contributed by atoms with Crippen molar-refractivity contribution >= 4 is 5.69 Å². The number of pyridine rings is 1. The van der Waals surface area contributed by atoms with Crippen molar-refractivity contribution in [2.75, 3.05) is 12.4 Å². The van der Waals surface area contributed by atoms with Crippen LogP contribution in [0, 0.1) is 12.8 Å². The second kappa shape index (κ2) is 6.58. The summed E-state index contributed by atoms with van der Waals surface area (Å²) in [6.07, 6.45) is 4.87. The van der Waals surface area contributed by atoms with Crippen molar-refractivity contribution in [1.29, 1.82) is 0 Å². The zero-order chi connectivity index (χ0) is 17.3. The first-order valence-electron chi connectivity index (χ1n) is 9.28. The van der Waals surface area contributed by atoms with Crippen LogP contribution in [0.2, 0.25) is 0 Å². The maximum Gasteiger partial charge on any atom is 0.0474 e. The Labute approximate surface area is 146 Å². The number of aryl methyl sites for hydroxylation is 2. The molecule has 0 spiro atoms. The summed E-state index contributed by atoms with van der Waals surface area (Å²) in [5.74, 6) is 0.703. The largest absolute Gasteiger partial charge is 0.388 e. The molecule has 1 fully saturated rings. The van der Waals surface area contributed by atoms with Crippen molar-refractivity contribution in [3.63, 3.8) is 0 Å². The first-order valence-corrected chi connectivity index (χ1v) is 9.28. The van der Waals surface area contributed by atoms with Gasteiger partial charge in [0.15, 0.2) is 0 Å². The molecule has 2 unspecified atom stereocenters. The SMILES string of the molecule is CCc1cc(-c2cc(NC)ccc2C)cc(C2(C)CCCC2C)n1. The van der Waals surface area contributed by atoms with E-state index in [0.717, 1.165) is 12.1 Å². The summed E-state index contributed by atoms with van der Waals surface area (Å²) in [6, 6.07) is 11.2. The van der Waals surface area contributed by atoms with E-state index in [0.29, 0.717) is 5.92 Å². The van der Waals surface area contributed by atoms with Gasteiger partial charge >= 0.3 is 0 Å². The van der Waals surface area contributed by atoms with Crippen LogP contribution in [0.4, 0.5) is 5.69 Å². The van der Waals surface area contributed by atoms with Crippen molar-refractivity contribution < 1.29 is 0 Å². The molecule has 1 aliphatic rings. The molecule has 0 saturated heterocycles. The summed E-state index contributed by atoms with van der Waals surface area (Å²) in [5, 5.41) is 3.26. The van der Waals surface area contributed by atoms with Gasteiger partial charge in [0, 0.05) is 29.5 Å². The van der Waals surface area contributed by atoms with Gasteiger partial charge in [0.2, 0.25) is 0 Å². The number of aromatic nitrogens is 1. The van der Waals surface area contributed by atoms with Gasteiger partial charge in [-0.15, -0.1) is 0 Å². The molecule has 24 heavy (non-hydrogen) atoms. The van der Waals surface area contributed by atoms with E-state index in [1.54, 1.807) is 0 Å². The maximum atomic E-state index is 5.04. The van der Waals surface area contributed by atoms with Gasteiger partial charge < -0.3 is 5.32 Å². The fourth-order valence-corrected chi connectivity index (χ4v) is 4.03. The quantitative estimate of drug-likeness (QED) is 0.776. The standard InChI is InChI=1S/C22H30N2/c1-6-18-12-17(20-14-19(23-5)10-9-15(20)2)13-21(24-18)22(4)11-7-8-16(22)3/h9-10,12-14,16,23H,6-8,11H2,1-5H3. The van der Waals surface area contributed by atoms with E-state index in [-0.39, 0.29) is 5.41 Å². The van der Waals surface area contributed by atoms with Gasteiger partial charge in [-0.3, -0.25) is 4.98 Å². The fourth-order valence-electron chi connectivity index (χ4n) is 4.03. The minimum absolute atomic E-state index is 0.217. The van der Waals surface area contributed by atoms with E-state index in [4.69, 9.17) is 4.98 Å². The van der Waals surface area contributed by atoms with E-state index in [1.165, 1.54) is 47.3 Å². The van der Waals surface area contributed by atoms with Crippen LogP contribution >= 0.6 is 0 Å². The molecule has 1 aromatic heterocycles. The Morgan fingerprint density at radius 3 is 2.67 bits per heavy atom. The van der Waals surface area contributed by atoms with Gasteiger partial charge in [-0.2, -0.15) is 0 Å². The summed E-state index contributed by atoms with van der Waals surface area (Å²) in [6.45, 7) is 9.19. The van der Waals surface area contributed by atoms with E-state index < -0.39 is 0 Å². The number of anilines is 1. The summed E-state index contributed by atoms with van der Waals surface area (Å²) in [5.41, 5.74) is 7.81. The Balaban J connectivity index is 2.14. The Hall–Kier alpha value is -1.83. The lowest BCUT2D eigenvalue weighted by atomic mass is 9.77. The van der Waals surface area contributed by atoms with Crippen molar-refractivity contribution in [3.8, 4) is 11.1 Å². The molecule has 1 saturated carbocycles. The van der Waals surface area contributed by atoms with Gasteiger partial charge in [-0.1, -0.05) is 33.3 Å². The molecular weight excluding hydrogens is 292 g/mol. The second-order valence-electron chi connectivity index (χ2n) is 7.58. The van der Waals surface area contributed by atoms with E-state index in [2.05, 4.69) is 63.3 Å². The van der Waals surface area contributed by atoms with Gasteiger partial charge in [-0.05, 0) is 73.1 Å². The Morgan fingerprint density at radius 2 is 2.04 bits per heavy atom. The van der Waals surface area contributed by atoms with E-state index >= 15 is 0 Å². The van der Waals surface area contributed by atoms with Gasteiger partial charge in [0.25, 0.3) is 0 Å². The van der Waals surface area contributed by atoms with Crippen LogP contribution in [0.1, 0.15) is 57.0 Å². The lowest BCUT2D eigenvalue weighted by Gasteiger charge is -2.30. The third-order valence-corrected chi connectivity index (χ3v) is 6.08. The maximum absolute atomic E-state index is 5.04. The second-order valence-corrected chi connectivity index (χ2v) is 7.58. The van der Waals surface area contributed by atoms with Crippen molar-refractivity contribution in [2.24, 2.45) is 5.92 Å². The summed E-state index contributed by atoms with van der Waals surface area (Å²) in [4.78, 5) is 5.04. The third-order valence-electron chi connectivity index (χ3n) is 6.08. The number of hydrogen-bond acceptors (Lipinski definition) is 2. The van der Waals surface area contributed by atoms with Crippen LogP contribution in [0.25, 0.3) is 11.1 Å². The van der Waals surface area contributed by atoms with Crippen LogP contribution in [0.3, 0.4) is 0 Å². The number of nitrogens with one attached hydrogen (secondary N) is 1. The zero-order valence-electron chi connectivity index (χ0n) is 15.7. The molecule has 0 bridgehead atoms. The highest BCUT2D eigenvalue weighted by Crippen LogP contribution is 2.45. The predicted molar refractivity (Wildman–Crippen MR) is 104 cm³/mol. The Bertz CT molecular complexity index is 735. The zero-order valence-corrected chi connectivity index (χ0v) is 15.7. The van der Waals surface area contributed by atoms with Gasteiger partial charge in [0.05, 0.1) is 0 Å². The molecule has 2 aromatic rings. The minimum atomic E-state index is 0.217. The molecule has 2 heteroatoms. The van der Waals surface area contributed by atoms with E-state index in [9.17, 15) is 0 Å². The number of hydrogen-bond donors (Lipinski definition) is 1. The van der Waals surface area contributed by atoms with Gasteiger partial charge in [0.1, 0.15) is 0 Å². The lowest BCUT2D eigenvalue weighted by Crippen LogP contribution is -2.26. The van der Waals surface area contributed by atoms with Crippen molar-refractivity contribution in [1.82, 2.24) is 4.98 Å². The first-order chi connectivity index (χ1) is 11.5. The summed E-state index contributed by atoms with van der Waals surface area (Å²) in [7, 11) is 1.98. The summed E-state index contributed by atoms with van der Waals surface area (Å²) >= 11 is 0. The number of rotatable bonds is 4. The molecule has 2 nitrogen and oxygen atoms in total. The van der Waals surface area contributed by atoms with E-state index in [1.807, 2.05) is 7.05 Å². The smallest absolute Gasteiger partial charge is 0.0474 e. The average molecular weight is 322 g/mol. The normalized spacial score (nSPS) is 23.5. The summed E-state index contributed by atoms with van der Waals surface area (Å²) < 4.78 is 0. The van der Waals surface area contributed by atoms with Crippen molar-refractivity contribution in [3.05, 3.63) is 47.3 Å². The molecule has 0 radical (unpaired) electrons. The first kappa shape index (κ1) is 17.0. The van der Waals surface area contributed by atoms with Crippen LogP contribution in [-0.4, -0.2) is 12.0 Å². The molecule has 2 atom stereocenters. The third kappa shape index (κ3) is 2.94. The molecule has 128 valence electrons. The lowest BCUT2D eigenvalue weighted by molar-refractivity contribution is 0.360. The molecular formula is C22H30N2.